The molecule has 0 saturated heterocycles. The smallest absolute Gasteiger partial charge is 0.332 e. The van der Waals surface area contributed by atoms with Crippen molar-refractivity contribution in [3.05, 3.63) is 71.8 Å². The second-order valence-electron chi connectivity index (χ2n) is 6.77. The summed E-state index contributed by atoms with van der Waals surface area (Å²) in [4.78, 5) is 27.4. The molecule has 1 aromatic heterocycles. The molecule has 0 aliphatic carbocycles. The molecular weight excluding hydrogens is 372 g/mol. The Morgan fingerprint density at radius 3 is 2.31 bits per heavy atom. The first kappa shape index (κ1) is 20.2. The van der Waals surface area contributed by atoms with Gasteiger partial charge < -0.3 is 15.5 Å². The first-order valence-corrected chi connectivity index (χ1v) is 9.17. The highest BCUT2D eigenvalue weighted by atomic mass is 16.4. The third kappa shape index (κ3) is 5.49. The molecule has 0 saturated carbocycles. The minimum absolute atomic E-state index is 0.0308. The van der Waals surface area contributed by atoms with Gasteiger partial charge >= 0.3 is 5.97 Å². The van der Waals surface area contributed by atoms with Gasteiger partial charge in [0, 0.05) is 12.5 Å². The van der Waals surface area contributed by atoms with E-state index in [1.807, 2.05) is 54.6 Å². The van der Waals surface area contributed by atoms with Crippen LogP contribution in [0.4, 0.5) is 0 Å². The fourth-order valence-corrected chi connectivity index (χ4v) is 3.01. The van der Waals surface area contributed by atoms with Gasteiger partial charge in [0.05, 0.1) is 0 Å². The van der Waals surface area contributed by atoms with Crippen molar-refractivity contribution < 1.29 is 19.8 Å². The van der Waals surface area contributed by atoms with E-state index >= 15 is 0 Å². The lowest BCUT2D eigenvalue weighted by Gasteiger charge is -2.20. The second-order valence-corrected chi connectivity index (χ2v) is 6.77. The van der Waals surface area contributed by atoms with Crippen LogP contribution >= 0.6 is 0 Å². The second kappa shape index (κ2) is 9.11. The number of rotatable bonds is 8. The number of nitrogens with one attached hydrogen (secondary N) is 2. The maximum Gasteiger partial charge on any atom is 0.332 e. The molecule has 8 heteroatoms. The highest BCUT2D eigenvalue weighted by Gasteiger charge is 2.23. The zero-order valence-electron chi connectivity index (χ0n) is 15.9. The summed E-state index contributed by atoms with van der Waals surface area (Å²) in [6.45, 7) is 1.67. The molecule has 4 N–H and O–H groups in total. The Kier molecular flexibility index (Phi) is 6.36. The van der Waals surface area contributed by atoms with E-state index in [1.165, 1.54) is 0 Å². The number of hydrogen-bond donors (Lipinski definition) is 4. The number of carbonyl (C=O) groups is 2. The SMILES string of the molecule is Cc1nc(C(=O)NC(Cc2ccc(-c3ccccc3)cc2)CC(O)C(=O)O)n[nH]1. The third-order valence-corrected chi connectivity index (χ3v) is 4.47. The van der Waals surface area contributed by atoms with Gasteiger partial charge in [-0.25, -0.2) is 9.78 Å². The van der Waals surface area contributed by atoms with Crippen molar-refractivity contribution in [2.45, 2.75) is 31.9 Å². The molecule has 29 heavy (non-hydrogen) atoms. The Labute approximate surface area is 167 Å². The summed E-state index contributed by atoms with van der Waals surface area (Å²) in [6, 6.07) is 17.1. The molecule has 1 amide bonds. The topological polar surface area (TPSA) is 128 Å². The predicted molar refractivity (Wildman–Crippen MR) is 106 cm³/mol. The molecule has 2 aromatic carbocycles. The van der Waals surface area contributed by atoms with Gasteiger partial charge in [-0.1, -0.05) is 54.6 Å². The van der Waals surface area contributed by atoms with Crippen LogP contribution in [0.2, 0.25) is 0 Å². The molecular formula is C21H22N4O4. The number of amides is 1. The Morgan fingerprint density at radius 2 is 1.72 bits per heavy atom. The van der Waals surface area contributed by atoms with E-state index in [2.05, 4.69) is 20.5 Å². The standard InChI is InChI=1S/C21H22N4O4/c1-13-22-19(25-24-13)20(27)23-17(12-18(26)21(28)29)11-14-7-9-16(10-8-14)15-5-3-2-4-6-15/h2-10,17-18,26H,11-12H2,1H3,(H,23,27)(H,28,29)(H,22,24,25). The number of aryl methyl sites for hydroxylation is 1. The van der Waals surface area contributed by atoms with Crippen molar-refractivity contribution in [1.29, 1.82) is 0 Å². The van der Waals surface area contributed by atoms with Crippen molar-refractivity contribution in [3.63, 3.8) is 0 Å². The average Bonchev–Trinajstić information content (AvgIpc) is 3.15. The molecule has 0 aliphatic heterocycles. The molecule has 1 heterocycles. The number of aliphatic carboxylic acids is 1. The van der Waals surface area contributed by atoms with Gasteiger partial charge in [-0.3, -0.25) is 9.89 Å². The summed E-state index contributed by atoms with van der Waals surface area (Å²) in [6.07, 6.45) is -1.36. The Balaban J connectivity index is 1.73. The first-order valence-electron chi connectivity index (χ1n) is 9.17. The van der Waals surface area contributed by atoms with Crippen molar-refractivity contribution in [2.24, 2.45) is 0 Å². The Bertz CT molecular complexity index is 970. The van der Waals surface area contributed by atoms with Crippen LogP contribution in [0.15, 0.2) is 54.6 Å². The molecule has 2 unspecified atom stereocenters. The quantitative estimate of drug-likeness (QED) is 0.462. The predicted octanol–water partition coefficient (Wildman–Crippen LogP) is 1.96. The number of aromatic nitrogens is 3. The molecule has 0 spiro atoms. The summed E-state index contributed by atoms with van der Waals surface area (Å²) < 4.78 is 0. The van der Waals surface area contributed by atoms with Gasteiger partial charge in [-0.05, 0) is 30.0 Å². The van der Waals surface area contributed by atoms with Crippen LogP contribution in [-0.4, -0.2) is 49.4 Å². The zero-order chi connectivity index (χ0) is 20.8. The number of carbonyl (C=O) groups excluding carboxylic acids is 1. The summed E-state index contributed by atoms with van der Waals surface area (Å²) in [7, 11) is 0. The first-order chi connectivity index (χ1) is 13.9. The van der Waals surface area contributed by atoms with Crippen molar-refractivity contribution in [1.82, 2.24) is 20.5 Å². The number of H-pyrrole nitrogens is 1. The molecule has 3 rings (SSSR count). The van der Waals surface area contributed by atoms with Crippen LogP contribution in [0.1, 0.15) is 28.4 Å². The maximum absolute atomic E-state index is 12.4. The van der Waals surface area contributed by atoms with Crippen LogP contribution in [0.5, 0.6) is 0 Å². The fourth-order valence-electron chi connectivity index (χ4n) is 3.01. The van der Waals surface area contributed by atoms with Crippen LogP contribution in [-0.2, 0) is 11.2 Å². The van der Waals surface area contributed by atoms with Gasteiger partial charge in [0.2, 0.25) is 5.82 Å². The van der Waals surface area contributed by atoms with E-state index in [0.717, 1.165) is 16.7 Å². The number of carboxylic acid groups (broad SMARTS) is 1. The molecule has 150 valence electrons. The van der Waals surface area contributed by atoms with Crippen LogP contribution in [0, 0.1) is 6.92 Å². The number of hydrogen-bond acceptors (Lipinski definition) is 5. The Hall–Kier alpha value is -3.52. The van der Waals surface area contributed by atoms with Crippen molar-refractivity contribution in [3.8, 4) is 11.1 Å². The molecule has 3 aromatic rings. The minimum atomic E-state index is -1.59. The third-order valence-electron chi connectivity index (χ3n) is 4.47. The van der Waals surface area contributed by atoms with E-state index in [4.69, 9.17) is 5.11 Å². The number of nitrogens with zero attached hydrogens (tertiary/aromatic N) is 2. The van der Waals surface area contributed by atoms with Gasteiger partial charge in [0.25, 0.3) is 5.91 Å². The largest absolute Gasteiger partial charge is 0.479 e. The lowest BCUT2D eigenvalue weighted by atomic mass is 9.98. The van der Waals surface area contributed by atoms with Crippen LogP contribution in [0.25, 0.3) is 11.1 Å². The normalized spacial score (nSPS) is 12.9. The number of benzene rings is 2. The lowest BCUT2D eigenvalue weighted by molar-refractivity contribution is -0.147. The van der Waals surface area contributed by atoms with E-state index in [1.54, 1.807) is 6.92 Å². The van der Waals surface area contributed by atoms with Crippen LogP contribution in [0.3, 0.4) is 0 Å². The molecule has 0 aliphatic rings. The van der Waals surface area contributed by atoms with Gasteiger partial charge in [-0.2, -0.15) is 0 Å². The summed E-state index contributed by atoms with van der Waals surface area (Å²) in [5.74, 6) is -1.40. The zero-order valence-corrected chi connectivity index (χ0v) is 15.9. The minimum Gasteiger partial charge on any atom is -0.479 e. The fraction of sp³-hybridized carbons (Fsp3) is 0.238. The molecule has 8 nitrogen and oxygen atoms in total. The summed E-state index contributed by atoms with van der Waals surface area (Å²) >= 11 is 0. The molecule has 2 atom stereocenters. The maximum atomic E-state index is 12.4. The molecule has 0 fully saturated rings. The van der Waals surface area contributed by atoms with E-state index in [-0.39, 0.29) is 12.2 Å². The number of aliphatic hydroxyl groups excluding tert-OH is 1. The van der Waals surface area contributed by atoms with E-state index < -0.39 is 24.0 Å². The summed E-state index contributed by atoms with van der Waals surface area (Å²) in [5, 5.41) is 27.9. The monoisotopic (exact) mass is 394 g/mol. The summed E-state index contributed by atoms with van der Waals surface area (Å²) in [5.41, 5.74) is 3.04. The lowest BCUT2D eigenvalue weighted by Crippen LogP contribution is -2.41. The highest BCUT2D eigenvalue weighted by Crippen LogP contribution is 2.20. The van der Waals surface area contributed by atoms with Crippen molar-refractivity contribution in [2.75, 3.05) is 0 Å². The van der Waals surface area contributed by atoms with Gasteiger partial charge in [-0.15, -0.1) is 5.10 Å². The highest BCUT2D eigenvalue weighted by molar-refractivity contribution is 5.90. The Morgan fingerprint density at radius 1 is 1.07 bits per heavy atom. The van der Waals surface area contributed by atoms with E-state index in [0.29, 0.717) is 12.2 Å². The van der Waals surface area contributed by atoms with Gasteiger partial charge in [0.15, 0.2) is 6.10 Å². The number of carboxylic acids is 1. The molecule has 0 radical (unpaired) electrons. The van der Waals surface area contributed by atoms with Crippen LogP contribution < -0.4 is 5.32 Å². The van der Waals surface area contributed by atoms with Gasteiger partial charge in [0.1, 0.15) is 5.82 Å². The number of aliphatic hydroxyl groups is 1. The molecule has 0 bridgehead atoms. The van der Waals surface area contributed by atoms with Crippen molar-refractivity contribution >= 4 is 11.9 Å². The van der Waals surface area contributed by atoms with E-state index in [9.17, 15) is 14.7 Å². The average molecular weight is 394 g/mol. The number of aromatic amines is 1.